The predicted molar refractivity (Wildman–Crippen MR) is 84.0 cm³/mol. The fraction of sp³-hybridized carbons (Fsp3) is 0.600. The van der Waals surface area contributed by atoms with Gasteiger partial charge in [-0.2, -0.15) is 0 Å². The Labute approximate surface area is 124 Å². The number of nitrogens with two attached hydrogens (primary N) is 1. The minimum atomic E-state index is 0.0958. The lowest BCUT2D eigenvalue weighted by molar-refractivity contribution is 0.388. The highest BCUT2D eigenvalue weighted by Crippen LogP contribution is 2.31. The van der Waals surface area contributed by atoms with Gasteiger partial charge in [0, 0.05) is 15.5 Å². The molecule has 0 spiro atoms. The Balaban J connectivity index is 2.65. The van der Waals surface area contributed by atoms with Crippen LogP contribution in [0.1, 0.15) is 57.6 Å². The summed E-state index contributed by atoms with van der Waals surface area (Å²) in [7, 11) is 0. The van der Waals surface area contributed by atoms with Crippen molar-refractivity contribution in [2.75, 3.05) is 0 Å². The molecule has 1 nitrogen and oxygen atoms in total. The standard InChI is InChI=1S/C15H23BrClN/c1-3-5-6-11(4-2)9-15(18)13-8-7-12(17)10-14(13)16/h7-8,10-11,15H,3-6,9,18H2,1-2H3. The molecule has 0 saturated carbocycles. The lowest BCUT2D eigenvalue weighted by Gasteiger charge is -2.21. The van der Waals surface area contributed by atoms with Crippen molar-refractivity contribution >= 4 is 27.5 Å². The monoisotopic (exact) mass is 331 g/mol. The average Bonchev–Trinajstić information content (AvgIpc) is 2.34. The molecular weight excluding hydrogens is 310 g/mol. The van der Waals surface area contributed by atoms with E-state index in [9.17, 15) is 0 Å². The second kappa shape index (κ2) is 8.19. The van der Waals surface area contributed by atoms with E-state index in [4.69, 9.17) is 17.3 Å². The van der Waals surface area contributed by atoms with Gasteiger partial charge in [-0.25, -0.2) is 0 Å². The van der Waals surface area contributed by atoms with E-state index in [-0.39, 0.29) is 6.04 Å². The molecule has 0 aliphatic rings. The van der Waals surface area contributed by atoms with Gasteiger partial charge in [0.1, 0.15) is 0 Å². The molecule has 0 amide bonds. The molecule has 0 bridgehead atoms. The summed E-state index contributed by atoms with van der Waals surface area (Å²) in [5.41, 5.74) is 7.48. The molecule has 0 aliphatic carbocycles. The van der Waals surface area contributed by atoms with Crippen LogP contribution in [0.4, 0.5) is 0 Å². The van der Waals surface area contributed by atoms with Gasteiger partial charge >= 0.3 is 0 Å². The number of benzene rings is 1. The molecule has 0 fully saturated rings. The number of hydrogen-bond acceptors (Lipinski definition) is 1. The van der Waals surface area contributed by atoms with E-state index in [1.807, 2.05) is 18.2 Å². The second-order valence-corrected chi connectivity index (χ2v) is 6.22. The SMILES string of the molecule is CCCCC(CC)CC(N)c1ccc(Cl)cc1Br. The van der Waals surface area contributed by atoms with Crippen LogP contribution in [-0.2, 0) is 0 Å². The molecule has 1 aromatic carbocycles. The third-order valence-electron chi connectivity index (χ3n) is 3.49. The zero-order chi connectivity index (χ0) is 13.5. The topological polar surface area (TPSA) is 26.0 Å². The fourth-order valence-electron chi connectivity index (χ4n) is 2.27. The first-order valence-electron chi connectivity index (χ1n) is 6.79. The minimum Gasteiger partial charge on any atom is -0.324 e. The van der Waals surface area contributed by atoms with Crippen molar-refractivity contribution in [3.05, 3.63) is 33.3 Å². The molecule has 0 aliphatic heterocycles. The molecule has 3 heteroatoms. The third kappa shape index (κ3) is 4.91. The number of unbranched alkanes of at least 4 members (excludes halogenated alkanes) is 1. The molecule has 1 aromatic rings. The van der Waals surface area contributed by atoms with E-state index in [1.54, 1.807) is 0 Å². The Morgan fingerprint density at radius 3 is 2.61 bits per heavy atom. The lowest BCUT2D eigenvalue weighted by Crippen LogP contribution is -2.16. The van der Waals surface area contributed by atoms with Crippen LogP contribution in [0.2, 0.25) is 5.02 Å². The van der Waals surface area contributed by atoms with Crippen molar-refractivity contribution in [3.8, 4) is 0 Å². The average molecular weight is 333 g/mol. The van der Waals surface area contributed by atoms with Gasteiger partial charge in [-0.05, 0) is 30.0 Å². The summed E-state index contributed by atoms with van der Waals surface area (Å²) in [6, 6.07) is 5.96. The molecule has 0 radical (unpaired) electrons. The summed E-state index contributed by atoms with van der Waals surface area (Å²) in [6.45, 7) is 4.49. The first-order chi connectivity index (χ1) is 8.58. The predicted octanol–water partition coefficient (Wildman–Crippen LogP) is 5.71. The van der Waals surface area contributed by atoms with Crippen molar-refractivity contribution < 1.29 is 0 Å². The summed E-state index contributed by atoms with van der Waals surface area (Å²) >= 11 is 9.50. The smallest absolute Gasteiger partial charge is 0.0417 e. The number of halogens is 2. The van der Waals surface area contributed by atoms with Crippen molar-refractivity contribution in [2.24, 2.45) is 11.7 Å². The molecule has 18 heavy (non-hydrogen) atoms. The maximum atomic E-state index is 6.32. The van der Waals surface area contributed by atoms with Crippen LogP contribution >= 0.6 is 27.5 Å². The highest BCUT2D eigenvalue weighted by Gasteiger charge is 2.15. The first-order valence-corrected chi connectivity index (χ1v) is 7.96. The molecule has 0 heterocycles. The Bertz CT molecular complexity index is 368. The van der Waals surface area contributed by atoms with E-state index >= 15 is 0 Å². The minimum absolute atomic E-state index is 0.0958. The number of rotatable bonds is 7. The lowest BCUT2D eigenvalue weighted by atomic mass is 9.90. The molecule has 2 atom stereocenters. The second-order valence-electron chi connectivity index (χ2n) is 4.92. The Hall–Kier alpha value is -0.0500. The van der Waals surface area contributed by atoms with Crippen LogP contribution in [0.5, 0.6) is 0 Å². The van der Waals surface area contributed by atoms with Gasteiger partial charge in [-0.1, -0.05) is 73.1 Å². The van der Waals surface area contributed by atoms with Crippen LogP contribution in [0.15, 0.2) is 22.7 Å². The molecule has 102 valence electrons. The molecular formula is C15H23BrClN. The fourth-order valence-corrected chi connectivity index (χ4v) is 3.25. The van der Waals surface area contributed by atoms with Gasteiger partial charge in [0.05, 0.1) is 0 Å². The van der Waals surface area contributed by atoms with E-state index in [0.29, 0.717) is 0 Å². The quantitative estimate of drug-likeness (QED) is 0.680. The first kappa shape index (κ1) is 16.0. The van der Waals surface area contributed by atoms with Crippen LogP contribution in [-0.4, -0.2) is 0 Å². The van der Waals surface area contributed by atoms with Crippen LogP contribution in [0.25, 0.3) is 0 Å². The number of hydrogen-bond donors (Lipinski definition) is 1. The van der Waals surface area contributed by atoms with Crippen molar-refractivity contribution in [2.45, 2.75) is 52.0 Å². The normalized spacial score (nSPS) is 14.5. The molecule has 1 rings (SSSR count). The van der Waals surface area contributed by atoms with Crippen LogP contribution in [0.3, 0.4) is 0 Å². The Morgan fingerprint density at radius 2 is 2.06 bits per heavy atom. The van der Waals surface area contributed by atoms with E-state index in [1.165, 1.54) is 25.7 Å². The van der Waals surface area contributed by atoms with Crippen LogP contribution in [0, 0.1) is 5.92 Å². The molecule has 0 aromatic heterocycles. The highest BCUT2D eigenvalue weighted by atomic mass is 79.9. The molecule has 2 N–H and O–H groups in total. The van der Waals surface area contributed by atoms with Gasteiger partial charge in [-0.3, -0.25) is 0 Å². The highest BCUT2D eigenvalue weighted by molar-refractivity contribution is 9.10. The van der Waals surface area contributed by atoms with E-state index in [2.05, 4.69) is 29.8 Å². The third-order valence-corrected chi connectivity index (χ3v) is 4.41. The van der Waals surface area contributed by atoms with Crippen molar-refractivity contribution in [1.82, 2.24) is 0 Å². The Kier molecular flexibility index (Phi) is 7.28. The van der Waals surface area contributed by atoms with Gasteiger partial charge in [-0.15, -0.1) is 0 Å². The molecule has 0 saturated heterocycles. The maximum Gasteiger partial charge on any atom is 0.0417 e. The summed E-state index contributed by atoms with van der Waals surface area (Å²) in [5.74, 6) is 0.725. The summed E-state index contributed by atoms with van der Waals surface area (Å²) < 4.78 is 1.02. The Morgan fingerprint density at radius 1 is 1.33 bits per heavy atom. The van der Waals surface area contributed by atoms with Crippen molar-refractivity contribution in [3.63, 3.8) is 0 Å². The summed E-state index contributed by atoms with van der Waals surface area (Å²) in [4.78, 5) is 0. The molecule has 2 unspecified atom stereocenters. The largest absolute Gasteiger partial charge is 0.324 e. The van der Waals surface area contributed by atoms with Gasteiger partial charge < -0.3 is 5.73 Å². The summed E-state index contributed by atoms with van der Waals surface area (Å²) in [5, 5.41) is 0.746. The van der Waals surface area contributed by atoms with Gasteiger partial charge in [0.15, 0.2) is 0 Å². The van der Waals surface area contributed by atoms with E-state index < -0.39 is 0 Å². The summed E-state index contributed by atoms with van der Waals surface area (Å²) in [6.07, 6.45) is 6.10. The van der Waals surface area contributed by atoms with Gasteiger partial charge in [0.2, 0.25) is 0 Å². The zero-order valence-corrected chi connectivity index (χ0v) is 13.6. The van der Waals surface area contributed by atoms with Gasteiger partial charge in [0.25, 0.3) is 0 Å². The van der Waals surface area contributed by atoms with E-state index in [0.717, 1.165) is 27.4 Å². The zero-order valence-electron chi connectivity index (χ0n) is 11.3. The van der Waals surface area contributed by atoms with Crippen molar-refractivity contribution in [1.29, 1.82) is 0 Å². The maximum absolute atomic E-state index is 6.32. The van der Waals surface area contributed by atoms with Crippen LogP contribution < -0.4 is 5.73 Å².